The van der Waals surface area contributed by atoms with Gasteiger partial charge in [0.2, 0.25) is 0 Å². The van der Waals surface area contributed by atoms with Gasteiger partial charge in [0.15, 0.2) is 0 Å². The summed E-state index contributed by atoms with van der Waals surface area (Å²) in [4.78, 5) is 1.23. The Morgan fingerprint density at radius 1 is 0.274 bits per heavy atom. The van der Waals surface area contributed by atoms with Crippen molar-refractivity contribution < 1.29 is 4.42 Å². The third-order valence-electron chi connectivity index (χ3n) is 19.1. The number of hydrogen-bond acceptors (Lipinski definition) is 2. The third kappa shape index (κ3) is 9.41. The van der Waals surface area contributed by atoms with Gasteiger partial charge in [-0.1, -0.05) is 0 Å². The zero-order valence-electron chi connectivity index (χ0n) is 52.4. The molecule has 2 aliphatic rings. The Morgan fingerprint density at radius 3 is 1.03 bits per heavy atom. The Morgan fingerprint density at radius 2 is 0.568 bits per heavy atom. The second kappa shape index (κ2) is 23.8. The Bertz CT molecular complexity index is 5190. The number of rotatable bonds is 7. The number of nitrogens with zero attached hydrogens (tertiary/aromatic N) is 1. The monoisotopic (exact) mass is 1130 g/mol. The molecule has 0 aliphatic heterocycles. The van der Waals surface area contributed by atoms with Gasteiger partial charge in [-0.2, -0.15) is 0 Å². The molecular formula is C60H15B33NO. The van der Waals surface area contributed by atoms with Gasteiger partial charge in [-0.3, -0.25) is 0 Å². The van der Waals surface area contributed by atoms with Crippen molar-refractivity contribution >= 4 is 467 Å². The van der Waals surface area contributed by atoms with Crippen LogP contribution < -0.4 is 169 Å². The molecule has 0 saturated heterocycles. The first-order valence-electron chi connectivity index (χ1n) is 28.6. The summed E-state index contributed by atoms with van der Waals surface area (Å²) in [6.45, 7) is 8.69. The number of anilines is 2. The second-order valence-electron chi connectivity index (χ2n) is 24.9. The van der Waals surface area contributed by atoms with E-state index < -0.39 is 27.3 Å². The van der Waals surface area contributed by atoms with Gasteiger partial charge in [0.1, 0.15) is 39.2 Å². The molecule has 9 aromatic rings. The van der Waals surface area contributed by atoms with Gasteiger partial charge >= 0.3 is 549 Å². The fourth-order valence-corrected chi connectivity index (χ4v) is 14.3. The van der Waals surface area contributed by atoms with E-state index in [4.69, 9.17) is 263 Å². The molecule has 8 aromatic carbocycles. The molecule has 0 saturated carbocycles. The van der Waals surface area contributed by atoms with Gasteiger partial charge in [0.05, 0.1) is 0 Å². The van der Waals surface area contributed by atoms with Crippen LogP contribution in [0.15, 0.2) is 20.9 Å². The van der Waals surface area contributed by atoms with Crippen LogP contribution >= 0.6 is 0 Å². The van der Waals surface area contributed by atoms with E-state index in [1.54, 1.807) is 34.6 Å². The zero-order chi connectivity index (χ0) is 70.9. The summed E-state index contributed by atoms with van der Waals surface area (Å²) in [5, 5.41) is -0.0179. The molecule has 0 N–H and O–H groups in total. The molecule has 0 atom stereocenters. The molecule has 95 heavy (non-hydrogen) atoms. The summed E-state index contributed by atoms with van der Waals surface area (Å²) < 4.78 is 6.82. The van der Waals surface area contributed by atoms with E-state index in [1.807, 2.05) is 0 Å². The zero-order valence-corrected chi connectivity index (χ0v) is 52.4. The van der Waals surface area contributed by atoms with E-state index in [1.165, 1.54) is 4.90 Å². The van der Waals surface area contributed by atoms with Crippen LogP contribution in [0.1, 0.15) is 56.9 Å². The summed E-state index contributed by atoms with van der Waals surface area (Å²) in [5.41, 5.74) is -8.80. The Labute approximate surface area is 600 Å². The van der Waals surface area contributed by atoms with Crippen LogP contribution in [-0.4, -0.2) is 264 Å². The van der Waals surface area contributed by atoms with E-state index >= 15 is 0 Å². The number of fused-ring (bicyclic) bond motifs is 7. The van der Waals surface area contributed by atoms with E-state index in [0.717, 1.165) is 0 Å². The van der Waals surface area contributed by atoms with Gasteiger partial charge in [-0.05, 0) is 0 Å². The molecule has 11 rings (SSSR count). The standard InChI is InChI=1S/C60H15B33NO/c1-6(61)7-8-20(38(77)49(88)43(82)23(8)62)59(2,3)19(7)41(80)58(93)94(55-40(79)22-10(25(64)53(55)92)9-21(60(22,4)5)39(78)50(89)44(83)24(9)63)54-15(32(71)26(65)12(36(54)75)11-28(67)45(84)51(90)46(85)29(11)68)13-27(66)33(72)18-17-35(74)42(81)34(73)16(56(17)95-57(18)37(13)76)14-30(69)47(86)52(91)48(87)31(14)70/h1-5H3/b7-6+,41-19-. The average molecular weight is 1120 g/mol. The molecule has 65 radical (unpaired) electrons. The van der Waals surface area contributed by atoms with Gasteiger partial charge in [0, 0.05) is 0 Å². The van der Waals surface area contributed by atoms with Crippen LogP contribution in [0, 0.1) is 0 Å². The summed E-state index contributed by atoms with van der Waals surface area (Å²) in [5.74, 6) is 0. The Balaban J connectivity index is 1.40. The van der Waals surface area contributed by atoms with Crippen LogP contribution in [-0.2, 0) is 10.8 Å². The molecule has 0 unspecified atom stereocenters. The molecule has 2 aliphatic carbocycles. The van der Waals surface area contributed by atoms with Crippen molar-refractivity contribution in [3.63, 3.8) is 0 Å². The molecular weight excluding hydrogens is 1110 g/mol. The quantitative estimate of drug-likeness (QED) is 0.148. The SMILES string of the molecule is [B]/C(C(=[B])N(c1c([B])c([B])c2c(c1[B])C(C)(C)c1c([B])c([B])c([B])c([B])c1-2)c1c([B])c(-c2c([B])c([B])c([B])c([B])c2[B])c([B])c([B])c1-c1c([B])c([B])c2c(oc3c(-c4c([B])c([B])c([B])c([B])c4[B])c([B])c([B])c([B])c32)c1[B])=C1/C(=C(/[B])C)c2c([B])c([B])c([B])c([B])c2C1(C)C. The molecule has 2 nitrogen and oxygen atoms in total. The van der Waals surface area contributed by atoms with Crippen LogP contribution in [0.4, 0.5) is 11.4 Å². The van der Waals surface area contributed by atoms with E-state index in [-0.39, 0.29) is 264 Å². The van der Waals surface area contributed by atoms with Crippen molar-refractivity contribution in [2.75, 3.05) is 4.90 Å². The topological polar surface area (TPSA) is 16.4 Å². The maximum absolute atomic E-state index is 7.91. The summed E-state index contributed by atoms with van der Waals surface area (Å²) >= 11 is 0. The Kier molecular flexibility index (Phi) is 17.8. The fourth-order valence-electron chi connectivity index (χ4n) is 14.3. The fraction of sp³-hybridized carbons (Fsp3) is 0.117. The van der Waals surface area contributed by atoms with Gasteiger partial charge in [-0.25, -0.2) is 0 Å². The van der Waals surface area contributed by atoms with Crippen molar-refractivity contribution in [2.24, 2.45) is 0 Å². The first kappa shape index (κ1) is 71.1. The normalized spacial score (nSPS) is 14.7. The van der Waals surface area contributed by atoms with Crippen molar-refractivity contribution in [2.45, 2.75) is 45.4 Å². The number of furan rings is 1. The minimum atomic E-state index is -1.35. The Hall–Kier alpha value is -5.15. The van der Waals surface area contributed by atoms with Crippen molar-refractivity contribution in [3.05, 3.63) is 38.8 Å². The van der Waals surface area contributed by atoms with E-state index in [0.29, 0.717) is 11.1 Å². The van der Waals surface area contributed by atoms with Gasteiger partial charge < -0.3 is 0 Å². The predicted molar refractivity (Wildman–Crippen MR) is 439 cm³/mol. The summed E-state index contributed by atoms with van der Waals surface area (Å²) in [6, 6.07) is 0. The summed E-state index contributed by atoms with van der Waals surface area (Å²) in [7, 11) is 230. The number of hydrogen-bond donors (Lipinski definition) is 0. The molecule has 1 aromatic heterocycles. The van der Waals surface area contributed by atoms with Crippen LogP contribution in [0.5, 0.6) is 0 Å². The molecule has 0 bridgehead atoms. The molecule has 0 fully saturated rings. The maximum atomic E-state index is 7.91. The van der Waals surface area contributed by atoms with Gasteiger partial charge in [0.25, 0.3) is 0 Å². The number of benzene rings is 8. The van der Waals surface area contributed by atoms with Gasteiger partial charge in [-0.15, -0.1) is 16.4 Å². The first-order chi connectivity index (χ1) is 43.9. The second-order valence-corrected chi connectivity index (χ2v) is 24.9. The van der Waals surface area contributed by atoms with Crippen molar-refractivity contribution in [1.29, 1.82) is 0 Å². The molecule has 365 valence electrons. The van der Waals surface area contributed by atoms with Crippen LogP contribution in [0.2, 0.25) is 0 Å². The number of allylic oxidation sites excluding steroid dienone is 3. The predicted octanol–water partition coefficient (Wildman–Crippen LogP) is -21.5. The molecule has 1 heterocycles. The first-order valence-corrected chi connectivity index (χ1v) is 28.6. The van der Waals surface area contributed by atoms with Crippen molar-refractivity contribution in [1.82, 2.24) is 0 Å². The third-order valence-corrected chi connectivity index (χ3v) is 19.1. The van der Waals surface area contributed by atoms with Crippen LogP contribution in [0.25, 0.3) is 72.0 Å². The minimum absolute atomic E-state index is 0.00476. The van der Waals surface area contributed by atoms with Crippen molar-refractivity contribution in [3.8, 4) is 44.5 Å². The van der Waals surface area contributed by atoms with Crippen LogP contribution in [0.3, 0.4) is 0 Å². The molecule has 0 spiro atoms. The molecule has 35 heteroatoms. The average Bonchev–Trinajstić information content (AvgIpc) is 1.61. The summed E-state index contributed by atoms with van der Waals surface area (Å²) in [6.07, 6.45) is 0. The van der Waals surface area contributed by atoms with E-state index in [9.17, 15) is 0 Å². The molecule has 0 amide bonds. The van der Waals surface area contributed by atoms with E-state index in [2.05, 4.69) is 0 Å².